The summed E-state index contributed by atoms with van der Waals surface area (Å²) in [7, 11) is 0. The quantitative estimate of drug-likeness (QED) is 0.763. The Kier molecular flexibility index (Phi) is 3.92. The number of aromatic nitrogens is 5. The molecule has 0 atom stereocenters. The fourth-order valence-electron chi connectivity index (χ4n) is 3.03. The summed E-state index contributed by atoms with van der Waals surface area (Å²) in [5, 5.41) is 6.65. The second-order valence-corrected chi connectivity index (χ2v) is 6.18. The van der Waals surface area contributed by atoms with Crippen molar-refractivity contribution in [1.82, 2.24) is 34.4 Å². The van der Waals surface area contributed by atoms with Gasteiger partial charge in [0.1, 0.15) is 17.8 Å². The zero-order valence-electron chi connectivity index (χ0n) is 13.8. The maximum atomic E-state index is 14.5. The summed E-state index contributed by atoms with van der Waals surface area (Å²) in [4.78, 5) is 24.8. The van der Waals surface area contributed by atoms with E-state index in [4.69, 9.17) is 0 Å². The first kappa shape index (κ1) is 15.7. The Morgan fingerprint density at radius 2 is 2.12 bits per heavy atom. The molecule has 1 fully saturated rings. The van der Waals surface area contributed by atoms with Crippen molar-refractivity contribution in [2.75, 3.05) is 26.2 Å². The van der Waals surface area contributed by atoms with Gasteiger partial charge in [-0.05, 0) is 24.6 Å². The molecule has 4 heterocycles. The molecule has 3 aromatic heterocycles. The monoisotopic (exact) mass is 343 g/mol. The van der Waals surface area contributed by atoms with E-state index < -0.39 is 5.95 Å². The average Bonchev–Trinajstić information content (AvgIpc) is 3.23. The minimum Gasteiger partial charge on any atom is -0.335 e. The molecule has 3 aromatic rings. The fourth-order valence-corrected chi connectivity index (χ4v) is 3.03. The molecule has 1 aliphatic heterocycles. The van der Waals surface area contributed by atoms with Crippen molar-refractivity contribution in [3.05, 3.63) is 47.7 Å². The predicted molar refractivity (Wildman–Crippen MR) is 87.5 cm³/mol. The van der Waals surface area contributed by atoms with Crippen LogP contribution in [-0.2, 0) is 6.54 Å². The standard InChI is InChI=1S/C16H18FN7O/c1-11-2-3-24-13(8-11)20-14(15(24)17)16(25)23-6-4-22(5-7-23)9-12-18-10-19-21-12/h2-3,8,10H,4-7,9H2,1H3,(H,18,19,21). The molecule has 4 rings (SSSR count). The number of fused-ring (bicyclic) bond motifs is 1. The molecule has 0 unspecified atom stereocenters. The first-order valence-electron chi connectivity index (χ1n) is 8.12. The minimum absolute atomic E-state index is 0.116. The Labute approximate surface area is 143 Å². The number of hydrogen-bond acceptors (Lipinski definition) is 5. The van der Waals surface area contributed by atoms with Gasteiger partial charge in [-0.3, -0.25) is 19.2 Å². The van der Waals surface area contributed by atoms with Gasteiger partial charge in [-0.2, -0.15) is 9.49 Å². The molecule has 8 nitrogen and oxygen atoms in total. The highest BCUT2D eigenvalue weighted by atomic mass is 19.1. The Bertz CT molecular complexity index is 897. The van der Waals surface area contributed by atoms with Gasteiger partial charge in [-0.25, -0.2) is 9.97 Å². The minimum atomic E-state index is -0.607. The van der Waals surface area contributed by atoms with Crippen LogP contribution in [0.4, 0.5) is 4.39 Å². The van der Waals surface area contributed by atoms with Crippen LogP contribution in [0.2, 0.25) is 0 Å². The van der Waals surface area contributed by atoms with Crippen molar-refractivity contribution in [2.24, 2.45) is 0 Å². The summed E-state index contributed by atoms with van der Waals surface area (Å²) in [6.45, 7) is 5.01. The van der Waals surface area contributed by atoms with Crippen molar-refractivity contribution in [2.45, 2.75) is 13.5 Å². The van der Waals surface area contributed by atoms with Crippen LogP contribution in [0.15, 0.2) is 24.7 Å². The summed E-state index contributed by atoms with van der Waals surface area (Å²) < 4.78 is 15.8. The summed E-state index contributed by atoms with van der Waals surface area (Å²) >= 11 is 0. The van der Waals surface area contributed by atoms with Gasteiger partial charge in [0.2, 0.25) is 5.95 Å². The molecular weight excluding hydrogens is 325 g/mol. The second-order valence-electron chi connectivity index (χ2n) is 6.18. The molecule has 1 saturated heterocycles. The number of aromatic amines is 1. The van der Waals surface area contributed by atoms with Crippen LogP contribution in [0.3, 0.4) is 0 Å². The van der Waals surface area contributed by atoms with E-state index in [-0.39, 0.29) is 11.6 Å². The Morgan fingerprint density at radius 3 is 2.84 bits per heavy atom. The number of carbonyl (C=O) groups is 1. The smallest absolute Gasteiger partial charge is 0.277 e. The molecule has 0 aromatic carbocycles. The Morgan fingerprint density at radius 1 is 1.32 bits per heavy atom. The van der Waals surface area contributed by atoms with Crippen molar-refractivity contribution in [1.29, 1.82) is 0 Å². The number of rotatable bonds is 3. The highest BCUT2D eigenvalue weighted by Crippen LogP contribution is 2.16. The molecule has 1 N–H and O–H groups in total. The van der Waals surface area contributed by atoms with Gasteiger partial charge in [-0.15, -0.1) is 0 Å². The molecule has 0 spiro atoms. The molecule has 0 bridgehead atoms. The summed E-state index contributed by atoms with van der Waals surface area (Å²) in [5.41, 5.74) is 1.30. The lowest BCUT2D eigenvalue weighted by Crippen LogP contribution is -2.48. The number of pyridine rings is 1. The van der Waals surface area contributed by atoms with Crippen molar-refractivity contribution in [3.8, 4) is 0 Å². The van der Waals surface area contributed by atoms with Crippen LogP contribution >= 0.6 is 0 Å². The van der Waals surface area contributed by atoms with E-state index in [1.165, 1.54) is 10.7 Å². The van der Waals surface area contributed by atoms with Gasteiger partial charge in [0, 0.05) is 32.4 Å². The third-order valence-corrected chi connectivity index (χ3v) is 4.42. The maximum absolute atomic E-state index is 14.5. The number of hydrogen-bond donors (Lipinski definition) is 1. The molecule has 25 heavy (non-hydrogen) atoms. The van der Waals surface area contributed by atoms with E-state index in [2.05, 4.69) is 25.1 Å². The third-order valence-electron chi connectivity index (χ3n) is 4.42. The Hall–Kier alpha value is -2.81. The highest BCUT2D eigenvalue weighted by molar-refractivity contribution is 5.93. The van der Waals surface area contributed by atoms with Gasteiger partial charge in [-0.1, -0.05) is 0 Å². The number of imidazole rings is 1. The van der Waals surface area contributed by atoms with E-state index >= 15 is 0 Å². The SMILES string of the molecule is Cc1ccn2c(F)c(C(=O)N3CCN(Cc4ncn[nH]4)CC3)nc2c1. The van der Waals surface area contributed by atoms with Crippen LogP contribution in [0.1, 0.15) is 21.9 Å². The first-order valence-corrected chi connectivity index (χ1v) is 8.12. The second kappa shape index (κ2) is 6.25. The maximum Gasteiger partial charge on any atom is 0.277 e. The lowest BCUT2D eigenvalue weighted by molar-refractivity contribution is 0.0615. The molecule has 1 amide bonds. The average molecular weight is 343 g/mol. The van der Waals surface area contributed by atoms with Crippen molar-refractivity contribution >= 4 is 11.6 Å². The van der Waals surface area contributed by atoms with Gasteiger partial charge >= 0.3 is 0 Å². The van der Waals surface area contributed by atoms with Gasteiger partial charge in [0.25, 0.3) is 5.91 Å². The largest absolute Gasteiger partial charge is 0.335 e. The highest BCUT2D eigenvalue weighted by Gasteiger charge is 2.27. The number of halogens is 1. The summed E-state index contributed by atoms with van der Waals surface area (Å²) in [6.07, 6.45) is 3.07. The number of H-pyrrole nitrogens is 1. The third kappa shape index (κ3) is 2.98. The van der Waals surface area contributed by atoms with Crippen molar-refractivity contribution < 1.29 is 9.18 Å². The van der Waals surface area contributed by atoms with Crippen LogP contribution < -0.4 is 0 Å². The number of aryl methyl sites for hydroxylation is 1. The van der Waals surface area contributed by atoms with E-state index in [0.29, 0.717) is 38.4 Å². The predicted octanol–water partition coefficient (Wildman–Crippen LogP) is 0.858. The van der Waals surface area contributed by atoms with Gasteiger partial charge in [0.05, 0.1) is 6.54 Å². The zero-order chi connectivity index (χ0) is 17.4. The normalized spacial score (nSPS) is 15.8. The van der Waals surface area contributed by atoms with Crippen LogP contribution in [0.5, 0.6) is 0 Å². The molecule has 0 radical (unpaired) electrons. The molecular formula is C16H18FN7O. The molecule has 0 saturated carbocycles. The lowest BCUT2D eigenvalue weighted by atomic mass is 10.3. The number of amides is 1. The van der Waals surface area contributed by atoms with Crippen LogP contribution in [-0.4, -0.2) is 66.5 Å². The van der Waals surface area contributed by atoms with E-state index in [1.807, 2.05) is 6.92 Å². The lowest BCUT2D eigenvalue weighted by Gasteiger charge is -2.33. The fraction of sp³-hybridized carbons (Fsp3) is 0.375. The molecule has 9 heteroatoms. The van der Waals surface area contributed by atoms with Crippen molar-refractivity contribution in [3.63, 3.8) is 0 Å². The van der Waals surface area contributed by atoms with Crippen LogP contribution in [0.25, 0.3) is 5.65 Å². The number of carbonyl (C=O) groups excluding carboxylic acids is 1. The molecule has 0 aliphatic carbocycles. The van der Waals surface area contributed by atoms with Crippen LogP contribution in [0, 0.1) is 12.9 Å². The van der Waals surface area contributed by atoms with E-state index in [0.717, 1.165) is 11.4 Å². The molecule has 130 valence electrons. The number of piperazine rings is 1. The first-order chi connectivity index (χ1) is 12.1. The summed E-state index contributed by atoms with van der Waals surface area (Å²) in [5.74, 6) is -0.177. The topological polar surface area (TPSA) is 82.4 Å². The van der Waals surface area contributed by atoms with E-state index in [9.17, 15) is 9.18 Å². The van der Waals surface area contributed by atoms with Gasteiger partial charge < -0.3 is 4.90 Å². The summed E-state index contributed by atoms with van der Waals surface area (Å²) in [6, 6.07) is 3.55. The van der Waals surface area contributed by atoms with E-state index in [1.54, 1.807) is 23.2 Å². The zero-order valence-corrected chi connectivity index (χ0v) is 13.8. The molecule has 1 aliphatic rings. The Balaban J connectivity index is 1.46. The number of nitrogens with one attached hydrogen (secondary N) is 1. The number of nitrogens with zero attached hydrogens (tertiary/aromatic N) is 6. The van der Waals surface area contributed by atoms with Gasteiger partial charge in [0.15, 0.2) is 5.69 Å².